The lowest BCUT2D eigenvalue weighted by Crippen LogP contribution is -2.29. The van der Waals surface area contributed by atoms with Gasteiger partial charge in [-0.05, 0) is 38.1 Å². The van der Waals surface area contributed by atoms with Crippen LogP contribution < -0.4 is 0 Å². The quantitative estimate of drug-likeness (QED) is 0.603. The lowest BCUT2D eigenvalue weighted by Gasteiger charge is -2.21. The van der Waals surface area contributed by atoms with E-state index in [1.54, 1.807) is 50.5 Å². The summed E-state index contributed by atoms with van der Waals surface area (Å²) in [4.78, 5) is 7.98. The van der Waals surface area contributed by atoms with Crippen LogP contribution in [0.4, 0.5) is 0 Å². The maximum absolute atomic E-state index is 11.5. The van der Waals surface area contributed by atoms with Crippen LogP contribution in [0.5, 0.6) is 0 Å². The highest BCUT2D eigenvalue weighted by Crippen LogP contribution is 2.28. The summed E-state index contributed by atoms with van der Waals surface area (Å²) in [5, 5.41) is 0. The van der Waals surface area contributed by atoms with Crippen molar-refractivity contribution in [1.29, 1.82) is 0 Å². The fraction of sp³-hybridized carbons (Fsp3) is 0.375. The third-order valence-electron chi connectivity index (χ3n) is 3.45. The highest BCUT2D eigenvalue weighted by atomic mass is 79.9. The number of hydrogen-bond donors (Lipinski definition) is 0. The molecule has 10 heteroatoms. The predicted octanol–water partition coefficient (Wildman–Crippen LogP) is 3.51. The molecule has 0 aromatic carbocycles. The summed E-state index contributed by atoms with van der Waals surface area (Å²) in [5.41, 5.74) is 1.11. The molecule has 26 heavy (non-hydrogen) atoms. The van der Waals surface area contributed by atoms with E-state index in [-0.39, 0.29) is 5.75 Å². The first kappa shape index (κ1) is 23.2. The second-order valence-electron chi connectivity index (χ2n) is 6.18. The van der Waals surface area contributed by atoms with Crippen LogP contribution in [-0.2, 0) is 30.2 Å². The standard InChI is InChI=1S/C9H12BrNO2S.C7H8BrNO2S/c1-9(2,14(3,12)13)8-6-7(10)4-5-11-8;1-12(10,11)5-7-4-6(8)2-3-9-7/h4-6H,1-3H3;2-4H,5H2,1H3. The Balaban J connectivity index is 0.000000263. The average molecular weight is 528 g/mol. The van der Waals surface area contributed by atoms with Crippen LogP contribution in [-0.4, -0.2) is 39.3 Å². The van der Waals surface area contributed by atoms with Gasteiger partial charge in [0.15, 0.2) is 19.7 Å². The first-order valence-electron chi connectivity index (χ1n) is 7.32. The lowest BCUT2D eigenvalue weighted by atomic mass is 10.1. The van der Waals surface area contributed by atoms with Crippen LogP contribution in [0.2, 0.25) is 0 Å². The van der Waals surface area contributed by atoms with Crippen molar-refractivity contribution < 1.29 is 16.8 Å². The molecule has 0 fully saturated rings. The van der Waals surface area contributed by atoms with E-state index in [0.717, 1.165) is 8.95 Å². The zero-order chi connectivity index (χ0) is 20.2. The molecular weight excluding hydrogens is 508 g/mol. The second kappa shape index (κ2) is 8.90. The maximum Gasteiger partial charge on any atom is 0.158 e. The molecule has 0 N–H and O–H groups in total. The van der Waals surface area contributed by atoms with E-state index < -0.39 is 24.4 Å². The second-order valence-corrected chi connectivity index (χ2v) is 12.7. The molecule has 0 spiro atoms. The van der Waals surface area contributed by atoms with E-state index in [2.05, 4.69) is 41.8 Å². The average Bonchev–Trinajstić information content (AvgIpc) is 2.45. The molecule has 6 nitrogen and oxygen atoms in total. The first-order chi connectivity index (χ1) is 11.7. The van der Waals surface area contributed by atoms with Gasteiger partial charge in [-0.25, -0.2) is 16.8 Å². The van der Waals surface area contributed by atoms with E-state index >= 15 is 0 Å². The van der Waals surface area contributed by atoms with Crippen LogP contribution in [0.25, 0.3) is 0 Å². The molecule has 0 radical (unpaired) electrons. The molecule has 0 aliphatic rings. The molecule has 0 atom stereocenters. The Morgan fingerprint density at radius 3 is 1.85 bits per heavy atom. The summed E-state index contributed by atoms with van der Waals surface area (Å²) in [6.07, 6.45) is 5.57. The van der Waals surface area contributed by atoms with Gasteiger partial charge in [0.2, 0.25) is 0 Å². The lowest BCUT2D eigenvalue weighted by molar-refractivity contribution is 0.556. The van der Waals surface area contributed by atoms with Crippen molar-refractivity contribution in [1.82, 2.24) is 9.97 Å². The van der Waals surface area contributed by atoms with E-state index in [0.29, 0.717) is 11.4 Å². The summed E-state index contributed by atoms with van der Waals surface area (Å²) in [5.74, 6) is -0.00750. The molecule has 0 amide bonds. The van der Waals surface area contributed by atoms with Crippen LogP contribution in [0, 0.1) is 0 Å². The van der Waals surface area contributed by atoms with Gasteiger partial charge in [0.1, 0.15) is 4.75 Å². The minimum atomic E-state index is -3.16. The van der Waals surface area contributed by atoms with E-state index in [4.69, 9.17) is 0 Å². The van der Waals surface area contributed by atoms with Gasteiger partial charge < -0.3 is 0 Å². The topological polar surface area (TPSA) is 94.1 Å². The highest BCUT2D eigenvalue weighted by molar-refractivity contribution is 9.10. The third kappa shape index (κ3) is 7.42. The molecule has 0 bridgehead atoms. The minimum Gasteiger partial charge on any atom is -0.260 e. The maximum atomic E-state index is 11.5. The van der Waals surface area contributed by atoms with E-state index in [1.165, 1.54) is 12.5 Å². The monoisotopic (exact) mass is 526 g/mol. The Kier molecular flexibility index (Phi) is 7.94. The van der Waals surface area contributed by atoms with Crippen molar-refractivity contribution >= 4 is 51.5 Å². The minimum absolute atomic E-state index is 0.00750. The van der Waals surface area contributed by atoms with Crippen molar-refractivity contribution in [3.05, 3.63) is 57.0 Å². The number of pyridine rings is 2. The first-order valence-corrected chi connectivity index (χ1v) is 12.9. The van der Waals surface area contributed by atoms with Gasteiger partial charge in [0, 0.05) is 33.9 Å². The fourth-order valence-electron chi connectivity index (χ4n) is 1.72. The largest absolute Gasteiger partial charge is 0.260 e. The van der Waals surface area contributed by atoms with Crippen LogP contribution in [0.3, 0.4) is 0 Å². The zero-order valence-corrected chi connectivity index (χ0v) is 19.6. The number of sulfone groups is 2. The highest BCUT2D eigenvalue weighted by Gasteiger charge is 2.33. The van der Waals surface area contributed by atoms with Crippen LogP contribution in [0.1, 0.15) is 25.2 Å². The number of rotatable bonds is 4. The summed E-state index contributed by atoms with van der Waals surface area (Å²) in [6, 6.07) is 6.94. The molecular formula is C16H20Br2N2O4S2. The normalized spacial score (nSPS) is 12.2. The van der Waals surface area contributed by atoms with Gasteiger partial charge in [-0.3, -0.25) is 9.97 Å². The molecule has 0 aliphatic heterocycles. The van der Waals surface area contributed by atoms with Crippen molar-refractivity contribution in [2.24, 2.45) is 0 Å². The summed E-state index contributed by atoms with van der Waals surface area (Å²) >= 11 is 6.52. The molecule has 2 rings (SSSR count). The molecule has 0 saturated carbocycles. The van der Waals surface area contributed by atoms with Crippen molar-refractivity contribution in [2.45, 2.75) is 24.3 Å². The van der Waals surface area contributed by atoms with Gasteiger partial charge in [-0.2, -0.15) is 0 Å². The summed E-state index contributed by atoms with van der Waals surface area (Å²) < 4.78 is 45.5. The van der Waals surface area contributed by atoms with Crippen molar-refractivity contribution in [3.8, 4) is 0 Å². The number of halogens is 2. The molecule has 0 aliphatic carbocycles. The Bertz CT molecular complexity index is 975. The molecule has 0 saturated heterocycles. The summed E-state index contributed by atoms with van der Waals surface area (Å²) in [7, 11) is -6.13. The zero-order valence-electron chi connectivity index (χ0n) is 14.8. The van der Waals surface area contributed by atoms with E-state index in [9.17, 15) is 16.8 Å². The number of hydrogen-bond acceptors (Lipinski definition) is 6. The summed E-state index contributed by atoms with van der Waals surface area (Å²) in [6.45, 7) is 3.30. The molecule has 2 heterocycles. The van der Waals surface area contributed by atoms with Gasteiger partial charge in [0.25, 0.3) is 0 Å². The Labute approximate surface area is 171 Å². The van der Waals surface area contributed by atoms with Gasteiger partial charge >= 0.3 is 0 Å². The van der Waals surface area contributed by atoms with Gasteiger partial charge in [-0.1, -0.05) is 31.9 Å². The third-order valence-corrected chi connectivity index (χ3v) is 7.32. The van der Waals surface area contributed by atoms with Gasteiger partial charge in [0.05, 0.1) is 17.1 Å². The molecule has 2 aromatic rings. The van der Waals surface area contributed by atoms with Crippen molar-refractivity contribution in [2.75, 3.05) is 12.5 Å². The molecule has 0 unspecified atom stereocenters. The number of aromatic nitrogens is 2. The van der Waals surface area contributed by atoms with Gasteiger partial charge in [-0.15, -0.1) is 0 Å². The van der Waals surface area contributed by atoms with E-state index in [1.807, 2.05) is 0 Å². The van der Waals surface area contributed by atoms with Crippen LogP contribution in [0.15, 0.2) is 45.6 Å². The predicted molar refractivity (Wildman–Crippen MR) is 110 cm³/mol. The number of nitrogens with zero attached hydrogens (tertiary/aromatic N) is 2. The fourth-order valence-corrected chi connectivity index (χ4v) is 3.62. The Morgan fingerprint density at radius 2 is 1.42 bits per heavy atom. The smallest absolute Gasteiger partial charge is 0.158 e. The SMILES string of the molecule is CC(C)(c1cc(Br)ccn1)S(C)(=O)=O.CS(=O)(=O)Cc1cc(Br)ccn1. The van der Waals surface area contributed by atoms with Crippen LogP contribution >= 0.6 is 31.9 Å². The van der Waals surface area contributed by atoms with Crippen molar-refractivity contribution in [3.63, 3.8) is 0 Å². The molecule has 144 valence electrons. The molecule has 2 aromatic heterocycles. The Morgan fingerprint density at radius 1 is 0.923 bits per heavy atom. The Hall–Kier alpha value is -0.840.